The molecule has 3 fully saturated rings. The highest BCUT2D eigenvalue weighted by atomic mass is 15.3. The number of fused-ring (bicyclic) bond motifs is 1. The summed E-state index contributed by atoms with van der Waals surface area (Å²) in [5, 5.41) is 0. The van der Waals surface area contributed by atoms with Gasteiger partial charge in [0.25, 0.3) is 0 Å². The quantitative estimate of drug-likeness (QED) is 0.842. The normalized spacial score (nSPS) is 42.6. The van der Waals surface area contributed by atoms with Gasteiger partial charge in [-0.2, -0.15) is 0 Å². The van der Waals surface area contributed by atoms with Crippen LogP contribution in [0.2, 0.25) is 0 Å². The first-order valence-corrected chi connectivity index (χ1v) is 8.65. The van der Waals surface area contributed by atoms with Crippen molar-refractivity contribution in [2.75, 3.05) is 33.2 Å². The van der Waals surface area contributed by atoms with Gasteiger partial charge in [-0.05, 0) is 57.0 Å². The zero-order valence-corrected chi connectivity index (χ0v) is 13.7. The Kier molecular flexibility index (Phi) is 3.89. The van der Waals surface area contributed by atoms with E-state index in [-0.39, 0.29) is 5.54 Å². The minimum Gasteiger partial charge on any atom is -0.329 e. The Morgan fingerprint density at radius 1 is 1.10 bits per heavy atom. The van der Waals surface area contributed by atoms with E-state index in [1.807, 2.05) is 0 Å². The fraction of sp³-hybridized carbons (Fsp3) is 1.00. The molecule has 0 aromatic heterocycles. The molecule has 2 saturated heterocycles. The first kappa shape index (κ1) is 14.8. The molecule has 3 heteroatoms. The fourth-order valence-corrected chi connectivity index (χ4v) is 5.53. The van der Waals surface area contributed by atoms with E-state index in [9.17, 15) is 0 Å². The minimum absolute atomic E-state index is 0.272. The van der Waals surface area contributed by atoms with Crippen LogP contribution in [-0.2, 0) is 0 Å². The van der Waals surface area contributed by atoms with Crippen LogP contribution in [0.5, 0.6) is 0 Å². The summed E-state index contributed by atoms with van der Waals surface area (Å²) in [6.45, 7) is 9.58. The van der Waals surface area contributed by atoms with Crippen molar-refractivity contribution < 1.29 is 0 Å². The zero-order valence-electron chi connectivity index (χ0n) is 13.7. The molecule has 116 valence electrons. The van der Waals surface area contributed by atoms with Gasteiger partial charge in [-0.1, -0.05) is 20.3 Å². The van der Waals surface area contributed by atoms with Gasteiger partial charge in [0.05, 0.1) is 0 Å². The average molecular weight is 279 g/mol. The molecular weight excluding hydrogens is 246 g/mol. The van der Waals surface area contributed by atoms with Gasteiger partial charge in [-0.3, -0.25) is 4.90 Å². The molecule has 0 amide bonds. The third-order valence-electron chi connectivity index (χ3n) is 6.94. The van der Waals surface area contributed by atoms with Crippen molar-refractivity contribution >= 4 is 0 Å². The molecule has 2 heterocycles. The molecule has 3 unspecified atom stereocenters. The number of hydrogen-bond acceptors (Lipinski definition) is 3. The maximum Gasteiger partial charge on any atom is 0.0382 e. The molecule has 2 N–H and O–H groups in total. The second-order valence-electron chi connectivity index (χ2n) is 8.16. The van der Waals surface area contributed by atoms with E-state index in [0.29, 0.717) is 5.41 Å². The first-order valence-electron chi connectivity index (χ1n) is 8.65. The van der Waals surface area contributed by atoms with Crippen molar-refractivity contribution in [2.24, 2.45) is 17.1 Å². The fourth-order valence-electron chi connectivity index (χ4n) is 5.53. The van der Waals surface area contributed by atoms with Crippen LogP contribution in [0, 0.1) is 11.3 Å². The van der Waals surface area contributed by atoms with Crippen LogP contribution in [0.1, 0.15) is 52.4 Å². The van der Waals surface area contributed by atoms with E-state index in [2.05, 4.69) is 30.7 Å². The Morgan fingerprint density at radius 3 is 2.55 bits per heavy atom. The summed E-state index contributed by atoms with van der Waals surface area (Å²) in [5.41, 5.74) is 6.97. The van der Waals surface area contributed by atoms with Crippen molar-refractivity contribution in [2.45, 2.75) is 64.0 Å². The third-order valence-corrected chi connectivity index (χ3v) is 6.94. The Bertz CT molecular complexity index is 354. The van der Waals surface area contributed by atoms with E-state index in [4.69, 9.17) is 5.73 Å². The molecule has 0 spiro atoms. The average Bonchev–Trinajstić information content (AvgIpc) is 2.74. The molecule has 1 saturated carbocycles. The van der Waals surface area contributed by atoms with Gasteiger partial charge in [0.15, 0.2) is 0 Å². The Morgan fingerprint density at radius 2 is 1.90 bits per heavy atom. The second kappa shape index (κ2) is 5.26. The maximum atomic E-state index is 6.32. The van der Waals surface area contributed by atoms with Gasteiger partial charge < -0.3 is 10.6 Å². The molecule has 3 rings (SSSR count). The molecule has 0 aromatic carbocycles. The molecule has 0 aromatic rings. The Balaban J connectivity index is 1.78. The lowest BCUT2D eigenvalue weighted by molar-refractivity contribution is -0.0508. The van der Waals surface area contributed by atoms with Gasteiger partial charge in [0.2, 0.25) is 0 Å². The lowest BCUT2D eigenvalue weighted by atomic mass is 9.71. The first-order chi connectivity index (χ1) is 9.50. The molecule has 1 aliphatic carbocycles. The Labute approximate surface area is 124 Å². The highest BCUT2D eigenvalue weighted by molar-refractivity contribution is 5.09. The standard InChI is InChI=1S/C17H33N3/c1-16(2)8-5-9-17(16,13-18)20-11-7-15-14(12-20)6-4-10-19(15)3/h14-15H,4-13,18H2,1-3H3. The monoisotopic (exact) mass is 279 g/mol. The zero-order chi connectivity index (χ0) is 14.4. The van der Waals surface area contributed by atoms with E-state index in [0.717, 1.165) is 18.5 Å². The summed E-state index contributed by atoms with van der Waals surface area (Å²) < 4.78 is 0. The van der Waals surface area contributed by atoms with Crippen molar-refractivity contribution in [1.82, 2.24) is 9.80 Å². The summed E-state index contributed by atoms with van der Waals surface area (Å²) in [6.07, 6.45) is 8.16. The number of rotatable bonds is 2. The molecule has 3 aliphatic rings. The third kappa shape index (κ3) is 2.13. The van der Waals surface area contributed by atoms with Crippen molar-refractivity contribution in [3.8, 4) is 0 Å². The maximum absolute atomic E-state index is 6.32. The molecule has 0 bridgehead atoms. The summed E-state index contributed by atoms with van der Waals surface area (Å²) in [6, 6.07) is 0.833. The van der Waals surface area contributed by atoms with Gasteiger partial charge >= 0.3 is 0 Å². The Hall–Kier alpha value is -0.120. The van der Waals surface area contributed by atoms with E-state index >= 15 is 0 Å². The number of nitrogens with two attached hydrogens (primary N) is 1. The van der Waals surface area contributed by atoms with Gasteiger partial charge in [-0.25, -0.2) is 0 Å². The molecule has 0 radical (unpaired) electrons. The molecule has 3 atom stereocenters. The van der Waals surface area contributed by atoms with Crippen LogP contribution in [0.15, 0.2) is 0 Å². The molecular formula is C17H33N3. The van der Waals surface area contributed by atoms with Crippen LogP contribution in [0.3, 0.4) is 0 Å². The van der Waals surface area contributed by atoms with Gasteiger partial charge in [0.1, 0.15) is 0 Å². The molecule has 3 nitrogen and oxygen atoms in total. The smallest absolute Gasteiger partial charge is 0.0382 e. The van der Waals surface area contributed by atoms with Crippen LogP contribution < -0.4 is 5.73 Å². The highest BCUT2D eigenvalue weighted by Crippen LogP contribution is 2.50. The summed E-state index contributed by atoms with van der Waals surface area (Å²) in [4.78, 5) is 5.42. The SMILES string of the molecule is CN1CCCC2CN(C3(CN)CCCC3(C)C)CCC21. The van der Waals surface area contributed by atoms with E-state index < -0.39 is 0 Å². The van der Waals surface area contributed by atoms with E-state index in [1.165, 1.54) is 58.2 Å². The lowest BCUT2D eigenvalue weighted by Gasteiger charge is -2.55. The second-order valence-corrected chi connectivity index (χ2v) is 8.16. The molecule has 2 aliphatic heterocycles. The highest BCUT2D eigenvalue weighted by Gasteiger charge is 2.53. The minimum atomic E-state index is 0.272. The topological polar surface area (TPSA) is 32.5 Å². The predicted molar refractivity (Wildman–Crippen MR) is 84.7 cm³/mol. The predicted octanol–water partition coefficient (Wildman–Crippen LogP) is 2.31. The van der Waals surface area contributed by atoms with Crippen LogP contribution in [-0.4, -0.2) is 54.6 Å². The number of hydrogen-bond donors (Lipinski definition) is 1. The van der Waals surface area contributed by atoms with Crippen LogP contribution in [0.25, 0.3) is 0 Å². The summed E-state index contributed by atoms with van der Waals surface area (Å²) in [5.74, 6) is 0.877. The van der Waals surface area contributed by atoms with Gasteiger partial charge in [0, 0.05) is 31.2 Å². The summed E-state index contributed by atoms with van der Waals surface area (Å²) in [7, 11) is 2.32. The van der Waals surface area contributed by atoms with Crippen LogP contribution >= 0.6 is 0 Å². The van der Waals surface area contributed by atoms with E-state index in [1.54, 1.807) is 0 Å². The molecule has 20 heavy (non-hydrogen) atoms. The van der Waals surface area contributed by atoms with Crippen molar-refractivity contribution in [1.29, 1.82) is 0 Å². The summed E-state index contributed by atoms with van der Waals surface area (Å²) >= 11 is 0. The van der Waals surface area contributed by atoms with Gasteiger partial charge in [-0.15, -0.1) is 0 Å². The number of likely N-dealkylation sites (tertiary alicyclic amines) is 2. The largest absolute Gasteiger partial charge is 0.329 e. The van der Waals surface area contributed by atoms with Crippen molar-refractivity contribution in [3.05, 3.63) is 0 Å². The number of nitrogens with zero attached hydrogens (tertiary/aromatic N) is 2. The van der Waals surface area contributed by atoms with Crippen LogP contribution in [0.4, 0.5) is 0 Å². The lowest BCUT2D eigenvalue weighted by Crippen LogP contribution is -2.65. The van der Waals surface area contributed by atoms with Crippen molar-refractivity contribution in [3.63, 3.8) is 0 Å². The number of piperidine rings is 2.